The molecule has 0 radical (unpaired) electrons. The number of hydrogen-bond donors (Lipinski definition) is 2. The Morgan fingerprint density at radius 1 is 1.32 bits per heavy atom. The van der Waals surface area contributed by atoms with Crippen molar-refractivity contribution < 1.29 is 14.3 Å². The first-order valence-electron chi connectivity index (χ1n) is 9.60. The van der Waals surface area contributed by atoms with Crippen molar-refractivity contribution in [2.75, 3.05) is 25.1 Å². The van der Waals surface area contributed by atoms with Gasteiger partial charge in [0.1, 0.15) is 11.1 Å². The van der Waals surface area contributed by atoms with Crippen molar-refractivity contribution in [3.8, 4) is 17.6 Å². The van der Waals surface area contributed by atoms with Crippen LogP contribution in [0.5, 0.6) is 11.5 Å². The highest BCUT2D eigenvalue weighted by Crippen LogP contribution is 2.35. The summed E-state index contributed by atoms with van der Waals surface area (Å²) in [4.78, 5) is 13.7. The molecule has 1 aliphatic heterocycles. The van der Waals surface area contributed by atoms with Gasteiger partial charge in [0.2, 0.25) is 5.91 Å². The molecule has 1 aliphatic rings. The minimum atomic E-state index is -0.104. The van der Waals surface area contributed by atoms with Crippen LogP contribution in [0.2, 0.25) is 0 Å². The number of benzene rings is 1. The number of nitrogens with zero attached hydrogens (tertiary/aromatic N) is 1. The molecule has 0 saturated heterocycles. The Morgan fingerprint density at radius 2 is 2.14 bits per heavy atom. The third kappa shape index (κ3) is 4.46. The molecular formula is C21H25N3O3S. The van der Waals surface area contributed by atoms with Crippen molar-refractivity contribution in [1.29, 1.82) is 5.26 Å². The minimum absolute atomic E-state index is 0.104. The molecule has 28 heavy (non-hydrogen) atoms. The predicted octanol–water partition coefficient (Wildman–Crippen LogP) is 3.63. The van der Waals surface area contributed by atoms with E-state index in [-0.39, 0.29) is 5.91 Å². The Balaban J connectivity index is 1.69. The molecule has 1 amide bonds. The van der Waals surface area contributed by atoms with Crippen LogP contribution in [-0.2, 0) is 24.2 Å². The van der Waals surface area contributed by atoms with E-state index in [2.05, 4.69) is 16.7 Å². The number of para-hydroxylation sites is 1. The molecule has 3 rings (SSSR count). The molecule has 1 aromatic heterocycles. The lowest BCUT2D eigenvalue weighted by Gasteiger charge is -2.15. The fourth-order valence-electron chi connectivity index (χ4n) is 3.31. The van der Waals surface area contributed by atoms with E-state index in [0.717, 1.165) is 35.5 Å². The molecule has 0 spiro atoms. The number of aryl methyl sites for hydroxylation is 1. The van der Waals surface area contributed by atoms with E-state index in [1.165, 1.54) is 11.3 Å². The van der Waals surface area contributed by atoms with Gasteiger partial charge in [-0.3, -0.25) is 4.79 Å². The number of carbonyl (C=O) groups excluding carboxylic acids is 1. The van der Waals surface area contributed by atoms with Crippen LogP contribution < -0.4 is 20.1 Å². The molecule has 2 N–H and O–H groups in total. The highest BCUT2D eigenvalue weighted by Gasteiger charge is 2.21. The molecule has 1 aromatic carbocycles. The maximum absolute atomic E-state index is 12.5. The summed E-state index contributed by atoms with van der Waals surface area (Å²) in [6, 6.07) is 8.01. The molecule has 2 heterocycles. The maximum Gasteiger partial charge on any atom is 0.225 e. The van der Waals surface area contributed by atoms with Crippen molar-refractivity contribution in [2.24, 2.45) is 0 Å². The summed E-state index contributed by atoms with van der Waals surface area (Å²) in [6.07, 6.45) is 1.67. The molecule has 7 heteroatoms. The number of amides is 1. The average molecular weight is 400 g/mol. The normalized spacial score (nSPS) is 12.8. The van der Waals surface area contributed by atoms with Crippen LogP contribution in [0.3, 0.4) is 0 Å². The lowest BCUT2D eigenvalue weighted by atomic mass is 10.0. The molecular weight excluding hydrogens is 374 g/mol. The highest BCUT2D eigenvalue weighted by molar-refractivity contribution is 7.16. The van der Waals surface area contributed by atoms with Gasteiger partial charge in [0.25, 0.3) is 0 Å². The van der Waals surface area contributed by atoms with Crippen LogP contribution in [0, 0.1) is 11.3 Å². The molecule has 0 saturated carbocycles. The van der Waals surface area contributed by atoms with Gasteiger partial charge >= 0.3 is 0 Å². The van der Waals surface area contributed by atoms with Gasteiger partial charge in [-0.25, -0.2) is 0 Å². The number of nitriles is 1. The quantitative estimate of drug-likeness (QED) is 0.708. The second kappa shape index (κ2) is 9.58. The van der Waals surface area contributed by atoms with Gasteiger partial charge in [0, 0.05) is 17.8 Å². The van der Waals surface area contributed by atoms with E-state index < -0.39 is 0 Å². The number of carbonyl (C=O) groups is 1. The Morgan fingerprint density at radius 3 is 2.89 bits per heavy atom. The zero-order chi connectivity index (χ0) is 19.9. The maximum atomic E-state index is 12.5. The number of hydrogen-bond acceptors (Lipinski definition) is 6. The van der Waals surface area contributed by atoms with Crippen molar-refractivity contribution >= 4 is 22.2 Å². The Labute approximate surface area is 169 Å². The van der Waals surface area contributed by atoms with E-state index in [0.29, 0.717) is 48.1 Å². The van der Waals surface area contributed by atoms with Crippen molar-refractivity contribution in [2.45, 2.75) is 39.7 Å². The number of nitrogens with one attached hydrogen (secondary N) is 2. The average Bonchev–Trinajstić information content (AvgIpc) is 3.05. The van der Waals surface area contributed by atoms with Crippen molar-refractivity contribution in [1.82, 2.24) is 5.32 Å². The summed E-state index contributed by atoms with van der Waals surface area (Å²) in [6.45, 7) is 6.56. The molecule has 0 bridgehead atoms. The van der Waals surface area contributed by atoms with Crippen molar-refractivity contribution in [3.05, 3.63) is 39.8 Å². The van der Waals surface area contributed by atoms with Gasteiger partial charge in [-0.15, -0.1) is 11.3 Å². The third-order valence-electron chi connectivity index (χ3n) is 4.56. The van der Waals surface area contributed by atoms with Crippen LogP contribution in [-0.4, -0.2) is 25.7 Å². The van der Waals surface area contributed by atoms with Crippen LogP contribution in [0.15, 0.2) is 18.2 Å². The number of rotatable bonds is 8. The van der Waals surface area contributed by atoms with Crippen LogP contribution in [0.1, 0.15) is 41.8 Å². The highest BCUT2D eigenvalue weighted by atomic mass is 32.1. The molecule has 2 aromatic rings. The first-order chi connectivity index (χ1) is 13.7. The number of anilines is 1. The second-order valence-electron chi connectivity index (χ2n) is 6.41. The van der Waals surface area contributed by atoms with Gasteiger partial charge < -0.3 is 20.1 Å². The SMILES string of the molecule is CCOc1cccc(CCC(=O)Nc2sc3c(c2C#N)CCNC3)c1OCC. The van der Waals surface area contributed by atoms with E-state index in [4.69, 9.17) is 9.47 Å². The topological polar surface area (TPSA) is 83.4 Å². The first kappa shape index (κ1) is 20.2. The Bertz CT molecular complexity index is 886. The third-order valence-corrected chi connectivity index (χ3v) is 5.71. The van der Waals surface area contributed by atoms with Gasteiger partial charge in [-0.1, -0.05) is 12.1 Å². The van der Waals surface area contributed by atoms with Gasteiger partial charge in [0.15, 0.2) is 11.5 Å². The lowest BCUT2D eigenvalue weighted by molar-refractivity contribution is -0.116. The number of fused-ring (bicyclic) bond motifs is 1. The Kier molecular flexibility index (Phi) is 6.90. The molecule has 0 atom stereocenters. The largest absolute Gasteiger partial charge is 0.490 e. The van der Waals surface area contributed by atoms with Gasteiger partial charge in [-0.05, 0) is 50.4 Å². The molecule has 0 unspecified atom stereocenters. The summed E-state index contributed by atoms with van der Waals surface area (Å²) in [5.74, 6) is 1.30. The first-order valence-corrected chi connectivity index (χ1v) is 10.4. The van der Waals surface area contributed by atoms with Crippen LogP contribution in [0.4, 0.5) is 5.00 Å². The summed E-state index contributed by atoms with van der Waals surface area (Å²) in [7, 11) is 0. The predicted molar refractivity (Wildman–Crippen MR) is 110 cm³/mol. The Hall–Kier alpha value is -2.56. The zero-order valence-electron chi connectivity index (χ0n) is 16.3. The summed E-state index contributed by atoms with van der Waals surface area (Å²) >= 11 is 1.50. The van der Waals surface area contributed by atoms with Crippen molar-refractivity contribution in [3.63, 3.8) is 0 Å². The zero-order valence-corrected chi connectivity index (χ0v) is 17.1. The second-order valence-corrected chi connectivity index (χ2v) is 7.51. The van der Waals surface area contributed by atoms with E-state index in [1.807, 2.05) is 32.0 Å². The minimum Gasteiger partial charge on any atom is -0.490 e. The smallest absolute Gasteiger partial charge is 0.225 e. The van der Waals surface area contributed by atoms with E-state index in [1.54, 1.807) is 0 Å². The summed E-state index contributed by atoms with van der Waals surface area (Å²) < 4.78 is 11.4. The standard InChI is InChI=1S/C21H25N3O3S/c1-3-26-17-7-5-6-14(20(17)27-4-2)8-9-19(25)24-21-16(12-22)15-10-11-23-13-18(15)28-21/h5-7,23H,3-4,8-11,13H2,1-2H3,(H,24,25). The number of ether oxygens (including phenoxy) is 2. The summed E-state index contributed by atoms with van der Waals surface area (Å²) in [5, 5.41) is 16.4. The molecule has 0 aliphatic carbocycles. The summed E-state index contributed by atoms with van der Waals surface area (Å²) in [5.41, 5.74) is 2.63. The van der Waals surface area contributed by atoms with Gasteiger partial charge in [-0.2, -0.15) is 5.26 Å². The van der Waals surface area contributed by atoms with Gasteiger partial charge in [0.05, 0.1) is 18.8 Å². The van der Waals surface area contributed by atoms with Crippen LogP contribution >= 0.6 is 11.3 Å². The van der Waals surface area contributed by atoms with E-state index >= 15 is 0 Å². The monoisotopic (exact) mass is 399 g/mol. The molecule has 6 nitrogen and oxygen atoms in total. The van der Waals surface area contributed by atoms with Crippen LogP contribution in [0.25, 0.3) is 0 Å². The molecule has 148 valence electrons. The fourth-order valence-corrected chi connectivity index (χ4v) is 4.50. The number of thiophene rings is 1. The fraction of sp³-hybridized carbons (Fsp3) is 0.429. The van der Waals surface area contributed by atoms with E-state index in [9.17, 15) is 10.1 Å². The lowest BCUT2D eigenvalue weighted by Crippen LogP contribution is -2.22. The molecule has 0 fully saturated rings.